The number of hydrogen-bond acceptors (Lipinski definition) is 4. The van der Waals surface area contributed by atoms with Crippen LogP contribution in [0.2, 0.25) is 0 Å². The van der Waals surface area contributed by atoms with Crippen LogP contribution in [0.4, 0.5) is 0 Å². The van der Waals surface area contributed by atoms with Gasteiger partial charge in [-0.15, -0.1) is 0 Å². The van der Waals surface area contributed by atoms with Crippen molar-refractivity contribution >= 4 is 5.97 Å². The van der Waals surface area contributed by atoms with Gasteiger partial charge in [-0.2, -0.15) is 0 Å². The molecule has 0 heterocycles. The highest BCUT2D eigenvalue weighted by Crippen LogP contribution is 2.48. The lowest BCUT2D eigenvalue weighted by atomic mass is 9.88. The Morgan fingerprint density at radius 3 is 2.57 bits per heavy atom. The second-order valence-electron chi connectivity index (χ2n) is 7.58. The third kappa shape index (κ3) is 3.99. The van der Waals surface area contributed by atoms with E-state index in [0.29, 0.717) is 6.42 Å². The molecule has 150 valence electrons. The largest absolute Gasteiger partial charge is 0.496 e. The number of ether oxygens (including phenoxy) is 2. The maximum atomic E-state index is 11.0. The number of hydrogen-bond donors (Lipinski definition) is 1. The fraction of sp³-hybridized carbons (Fsp3) is 0.435. The third-order valence-electron chi connectivity index (χ3n) is 5.47. The molecule has 0 fully saturated rings. The number of nitrogens with zero attached hydrogens (tertiary/aromatic N) is 1. The highest BCUT2D eigenvalue weighted by molar-refractivity contribution is 5.67. The van der Waals surface area contributed by atoms with Gasteiger partial charge >= 0.3 is 5.97 Å². The summed E-state index contributed by atoms with van der Waals surface area (Å²) in [4.78, 5) is 13.1. The first-order valence-corrected chi connectivity index (χ1v) is 9.67. The lowest BCUT2D eigenvalue weighted by molar-refractivity contribution is -0.136. The zero-order valence-corrected chi connectivity index (χ0v) is 17.1. The molecule has 1 aliphatic carbocycles. The van der Waals surface area contributed by atoms with Crippen molar-refractivity contribution in [1.29, 1.82) is 0 Å². The number of fused-ring (bicyclic) bond motifs is 1. The van der Waals surface area contributed by atoms with E-state index in [2.05, 4.69) is 23.1 Å². The lowest BCUT2D eigenvalue weighted by Crippen LogP contribution is -2.13. The van der Waals surface area contributed by atoms with Gasteiger partial charge in [-0.25, -0.2) is 0 Å². The lowest BCUT2D eigenvalue weighted by Gasteiger charge is -2.23. The summed E-state index contributed by atoms with van der Waals surface area (Å²) in [7, 11) is 7.51. The number of carboxylic acids is 1. The smallest absolute Gasteiger partial charge is 0.303 e. The maximum Gasteiger partial charge on any atom is 0.303 e. The number of rotatable bonds is 8. The summed E-state index contributed by atoms with van der Waals surface area (Å²) in [5.41, 5.74) is 5.93. The summed E-state index contributed by atoms with van der Waals surface area (Å²) in [6, 6.07) is 10.4. The van der Waals surface area contributed by atoms with Crippen LogP contribution in [0.5, 0.6) is 11.5 Å². The summed E-state index contributed by atoms with van der Waals surface area (Å²) in [5, 5.41) is 9.06. The van der Waals surface area contributed by atoms with E-state index in [-0.39, 0.29) is 12.3 Å². The van der Waals surface area contributed by atoms with Crippen LogP contribution < -0.4 is 9.47 Å². The molecule has 1 N–H and O–H groups in total. The molecule has 1 unspecified atom stereocenters. The van der Waals surface area contributed by atoms with Gasteiger partial charge in [-0.05, 0) is 56.1 Å². The van der Waals surface area contributed by atoms with Gasteiger partial charge in [0.25, 0.3) is 0 Å². The van der Waals surface area contributed by atoms with Gasteiger partial charge in [0.1, 0.15) is 11.5 Å². The summed E-state index contributed by atoms with van der Waals surface area (Å²) >= 11 is 0. The van der Waals surface area contributed by atoms with Crippen molar-refractivity contribution in [2.45, 2.75) is 38.1 Å². The SMILES string of the molecule is COc1ccc(CN(C)C)c(OC)c1C1CCc2c(CCC(=O)O)cccc21. The first-order valence-electron chi connectivity index (χ1n) is 9.67. The van der Waals surface area contributed by atoms with Gasteiger partial charge in [0.15, 0.2) is 0 Å². The van der Waals surface area contributed by atoms with E-state index in [4.69, 9.17) is 14.6 Å². The molecule has 0 bridgehead atoms. The number of aryl methyl sites for hydroxylation is 1. The molecule has 5 nitrogen and oxygen atoms in total. The predicted octanol–water partition coefficient (Wildman–Crippen LogP) is 3.86. The highest BCUT2D eigenvalue weighted by Gasteiger charge is 2.31. The van der Waals surface area contributed by atoms with E-state index >= 15 is 0 Å². The van der Waals surface area contributed by atoms with E-state index in [1.807, 2.05) is 26.2 Å². The molecule has 28 heavy (non-hydrogen) atoms. The fourth-order valence-corrected chi connectivity index (χ4v) is 4.35. The summed E-state index contributed by atoms with van der Waals surface area (Å²) in [5.74, 6) is 1.16. The van der Waals surface area contributed by atoms with Gasteiger partial charge in [0.2, 0.25) is 0 Å². The number of carbonyl (C=O) groups is 1. The molecule has 0 spiro atoms. The molecule has 2 aromatic rings. The number of aliphatic carboxylic acids is 1. The van der Waals surface area contributed by atoms with Gasteiger partial charge in [0.05, 0.1) is 14.2 Å². The second kappa shape index (κ2) is 8.65. The van der Waals surface area contributed by atoms with Gasteiger partial charge in [0, 0.05) is 30.0 Å². The predicted molar refractivity (Wildman–Crippen MR) is 109 cm³/mol. The van der Waals surface area contributed by atoms with Gasteiger partial charge < -0.3 is 19.5 Å². The number of methoxy groups -OCH3 is 2. The summed E-state index contributed by atoms with van der Waals surface area (Å²) in [6.45, 7) is 0.790. The molecule has 0 saturated carbocycles. The minimum atomic E-state index is -0.758. The Hall–Kier alpha value is -2.53. The standard InChI is InChI=1S/C23H29NO4/c1-24(2)14-16-8-12-20(27-3)22(23(16)28-4)19-11-10-17-15(9-13-21(25)26)6-5-7-18(17)19/h5-8,12,19H,9-11,13-14H2,1-4H3,(H,25,26). The molecule has 5 heteroatoms. The summed E-state index contributed by atoms with van der Waals surface area (Å²) in [6.07, 6.45) is 2.64. The molecule has 0 aromatic heterocycles. The first kappa shape index (κ1) is 20.2. The van der Waals surface area contributed by atoms with E-state index in [1.54, 1.807) is 14.2 Å². The van der Waals surface area contributed by atoms with Crippen LogP contribution in [0.25, 0.3) is 0 Å². The monoisotopic (exact) mass is 383 g/mol. The molecular formula is C23H29NO4. The Balaban J connectivity index is 2.06. The van der Waals surface area contributed by atoms with Crippen LogP contribution >= 0.6 is 0 Å². The second-order valence-corrected chi connectivity index (χ2v) is 7.58. The zero-order valence-electron chi connectivity index (χ0n) is 17.1. The quantitative estimate of drug-likeness (QED) is 0.750. The minimum Gasteiger partial charge on any atom is -0.496 e. The van der Waals surface area contributed by atoms with Crippen molar-refractivity contribution in [1.82, 2.24) is 4.90 Å². The Labute approximate surface area is 166 Å². The van der Waals surface area contributed by atoms with Crippen molar-refractivity contribution in [3.8, 4) is 11.5 Å². The van der Waals surface area contributed by atoms with Crippen LogP contribution in [-0.2, 0) is 24.2 Å². The molecule has 1 aliphatic rings. The molecule has 0 aliphatic heterocycles. The molecule has 3 rings (SSSR count). The average molecular weight is 383 g/mol. The average Bonchev–Trinajstić information content (AvgIpc) is 3.09. The molecular weight excluding hydrogens is 354 g/mol. The minimum absolute atomic E-state index is 0.159. The van der Waals surface area contributed by atoms with Crippen molar-refractivity contribution in [3.63, 3.8) is 0 Å². The van der Waals surface area contributed by atoms with Crippen molar-refractivity contribution in [2.24, 2.45) is 0 Å². The zero-order chi connectivity index (χ0) is 20.3. The Morgan fingerprint density at radius 2 is 1.93 bits per heavy atom. The van der Waals surface area contributed by atoms with E-state index in [0.717, 1.165) is 47.6 Å². The Morgan fingerprint density at radius 1 is 1.14 bits per heavy atom. The van der Waals surface area contributed by atoms with Crippen molar-refractivity contribution in [3.05, 3.63) is 58.1 Å². The Kier molecular flexibility index (Phi) is 6.25. The van der Waals surface area contributed by atoms with Crippen LogP contribution in [0.15, 0.2) is 30.3 Å². The number of benzene rings is 2. The van der Waals surface area contributed by atoms with E-state index in [9.17, 15) is 4.79 Å². The van der Waals surface area contributed by atoms with Crippen LogP contribution in [0.1, 0.15) is 46.6 Å². The van der Waals surface area contributed by atoms with E-state index in [1.165, 1.54) is 11.1 Å². The molecule has 2 aromatic carbocycles. The summed E-state index contributed by atoms with van der Waals surface area (Å²) < 4.78 is 11.6. The van der Waals surface area contributed by atoms with E-state index < -0.39 is 5.97 Å². The van der Waals surface area contributed by atoms with Crippen molar-refractivity contribution < 1.29 is 19.4 Å². The molecule has 1 atom stereocenters. The Bertz CT molecular complexity index is 860. The normalized spacial score (nSPS) is 15.5. The van der Waals surface area contributed by atoms with Gasteiger partial charge in [-0.3, -0.25) is 4.79 Å². The van der Waals surface area contributed by atoms with Gasteiger partial charge in [-0.1, -0.05) is 24.3 Å². The van der Waals surface area contributed by atoms with Crippen LogP contribution in [0, 0.1) is 0 Å². The van der Waals surface area contributed by atoms with Crippen LogP contribution in [-0.4, -0.2) is 44.3 Å². The third-order valence-corrected chi connectivity index (χ3v) is 5.47. The topological polar surface area (TPSA) is 59.0 Å². The molecule has 0 saturated heterocycles. The van der Waals surface area contributed by atoms with Crippen LogP contribution in [0.3, 0.4) is 0 Å². The highest BCUT2D eigenvalue weighted by atomic mass is 16.5. The fourth-order valence-electron chi connectivity index (χ4n) is 4.35. The molecule has 0 radical (unpaired) electrons. The molecule has 0 amide bonds. The first-order chi connectivity index (χ1) is 13.5. The number of carboxylic acid groups (broad SMARTS) is 1. The van der Waals surface area contributed by atoms with Crippen molar-refractivity contribution in [2.75, 3.05) is 28.3 Å². The maximum absolute atomic E-state index is 11.0.